The number of hydrogen-bond donors (Lipinski definition) is 0. The smallest absolute Gasteiger partial charge is 0.183 e. The molecule has 7 heteroatoms. The number of anilines is 1. The minimum atomic E-state index is -0.0126. The number of aromatic nitrogens is 4. The second-order valence-corrected chi connectivity index (χ2v) is 6.23. The van der Waals surface area contributed by atoms with Gasteiger partial charge in [0.15, 0.2) is 11.5 Å². The van der Waals surface area contributed by atoms with Crippen molar-refractivity contribution in [1.29, 1.82) is 0 Å². The molecule has 0 saturated carbocycles. The average Bonchev–Trinajstić information content (AvgIpc) is 3.30. The van der Waals surface area contributed by atoms with Gasteiger partial charge in [0.1, 0.15) is 17.7 Å². The zero-order chi connectivity index (χ0) is 17.2. The van der Waals surface area contributed by atoms with E-state index in [0.29, 0.717) is 0 Å². The van der Waals surface area contributed by atoms with Gasteiger partial charge in [-0.25, -0.2) is 0 Å². The molecule has 3 heterocycles. The highest BCUT2D eigenvalue weighted by molar-refractivity contribution is 5.46. The van der Waals surface area contributed by atoms with Crippen LogP contribution in [0.15, 0.2) is 36.4 Å². The number of hydrogen-bond acceptors (Lipinski definition) is 6. The van der Waals surface area contributed by atoms with Gasteiger partial charge in [0.2, 0.25) is 0 Å². The molecule has 7 nitrogen and oxygen atoms in total. The molecule has 1 fully saturated rings. The Kier molecular flexibility index (Phi) is 4.23. The van der Waals surface area contributed by atoms with Crippen LogP contribution in [0.3, 0.4) is 0 Å². The van der Waals surface area contributed by atoms with Gasteiger partial charge in [0, 0.05) is 20.2 Å². The molecule has 0 bridgehead atoms. The lowest BCUT2D eigenvalue weighted by Gasteiger charge is -2.18. The van der Waals surface area contributed by atoms with Crippen LogP contribution < -0.4 is 9.64 Å². The third-order valence-electron chi connectivity index (χ3n) is 4.44. The van der Waals surface area contributed by atoms with E-state index in [2.05, 4.69) is 21.2 Å². The highest BCUT2D eigenvalue weighted by Crippen LogP contribution is 2.27. The van der Waals surface area contributed by atoms with Crippen LogP contribution in [0.5, 0.6) is 5.75 Å². The fourth-order valence-electron chi connectivity index (χ4n) is 3.11. The van der Waals surface area contributed by atoms with Crippen molar-refractivity contribution in [1.82, 2.24) is 19.8 Å². The summed E-state index contributed by atoms with van der Waals surface area (Å²) in [5.41, 5.74) is 1.90. The van der Waals surface area contributed by atoms with Crippen molar-refractivity contribution in [3.8, 4) is 5.75 Å². The molecule has 0 radical (unpaired) electrons. The van der Waals surface area contributed by atoms with Gasteiger partial charge in [-0.05, 0) is 42.7 Å². The number of methoxy groups -OCH3 is 1. The average molecular weight is 339 g/mol. The first-order valence-electron chi connectivity index (χ1n) is 8.42. The summed E-state index contributed by atoms with van der Waals surface area (Å²) in [6.07, 6.45) is 2.00. The van der Waals surface area contributed by atoms with Crippen LogP contribution in [-0.2, 0) is 11.3 Å². The summed E-state index contributed by atoms with van der Waals surface area (Å²) in [7, 11) is 3.70. The van der Waals surface area contributed by atoms with Crippen molar-refractivity contribution in [3.63, 3.8) is 0 Å². The summed E-state index contributed by atoms with van der Waals surface area (Å²) in [5, 5.41) is 13.2. The Bertz CT molecular complexity index is 873. The first kappa shape index (κ1) is 15.8. The number of nitrogens with zero attached hydrogens (tertiary/aromatic N) is 5. The van der Waals surface area contributed by atoms with Crippen LogP contribution in [0, 0.1) is 0 Å². The summed E-state index contributed by atoms with van der Waals surface area (Å²) in [5.74, 6) is 2.49. The van der Waals surface area contributed by atoms with E-state index in [0.717, 1.165) is 54.6 Å². The van der Waals surface area contributed by atoms with Crippen molar-refractivity contribution in [2.75, 3.05) is 25.7 Å². The standard InChI is InChI=1S/C18H21N5O2/c1-22(12-13-5-3-6-14(11-13)24-2)17-9-8-16-19-20-18(23(16)21-17)15-7-4-10-25-15/h3,5-6,8-9,11,15H,4,7,10,12H2,1-2H3/t15-/m0/s1. The molecule has 1 aromatic carbocycles. The molecule has 0 unspecified atom stereocenters. The molecule has 0 spiro atoms. The maximum absolute atomic E-state index is 5.74. The van der Waals surface area contributed by atoms with Crippen molar-refractivity contribution in [2.24, 2.45) is 0 Å². The molecule has 0 N–H and O–H groups in total. The Labute approximate surface area is 146 Å². The third-order valence-corrected chi connectivity index (χ3v) is 4.44. The molecule has 1 aliphatic rings. The molecule has 1 aliphatic heterocycles. The maximum Gasteiger partial charge on any atom is 0.183 e. The number of ether oxygens (including phenoxy) is 2. The zero-order valence-corrected chi connectivity index (χ0v) is 14.4. The number of fused-ring (bicyclic) bond motifs is 1. The molecular formula is C18H21N5O2. The van der Waals surface area contributed by atoms with Crippen molar-refractivity contribution < 1.29 is 9.47 Å². The molecule has 1 saturated heterocycles. The molecule has 1 atom stereocenters. The van der Waals surface area contributed by atoms with E-state index < -0.39 is 0 Å². The van der Waals surface area contributed by atoms with Gasteiger partial charge in [0.25, 0.3) is 0 Å². The van der Waals surface area contributed by atoms with Crippen LogP contribution in [0.2, 0.25) is 0 Å². The lowest BCUT2D eigenvalue weighted by atomic mass is 10.2. The molecule has 25 heavy (non-hydrogen) atoms. The topological polar surface area (TPSA) is 64.8 Å². The molecule has 3 aromatic rings. The van der Waals surface area contributed by atoms with Crippen LogP contribution in [0.4, 0.5) is 5.82 Å². The van der Waals surface area contributed by atoms with Crippen molar-refractivity contribution in [3.05, 3.63) is 47.8 Å². The molecule has 130 valence electrons. The number of rotatable bonds is 5. The first-order valence-corrected chi connectivity index (χ1v) is 8.42. The lowest BCUT2D eigenvalue weighted by Crippen LogP contribution is -2.19. The zero-order valence-electron chi connectivity index (χ0n) is 14.4. The van der Waals surface area contributed by atoms with E-state index in [1.54, 1.807) is 11.6 Å². The molecule has 0 amide bonds. The Hall–Kier alpha value is -2.67. The van der Waals surface area contributed by atoms with E-state index in [-0.39, 0.29) is 6.10 Å². The van der Waals surface area contributed by atoms with Gasteiger partial charge < -0.3 is 14.4 Å². The first-order chi connectivity index (χ1) is 12.2. The SMILES string of the molecule is COc1cccc(CN(C)c2ccc3nnc([C@@H]4CCCO4)n3n2)c1. The summed E-state index contributed by atoms with van der Waals surface area (Å²) in [6, 6.07) is 12.0. The highest BCUT2D eigenvalue weighted by atomic mass is 16.5. The maximum atomic E-state index is 5.74. The summed E-state index contributed by atoms with van der Waals surface area (Å²) in [6.45, 7) is 1.50. The van der Waals surface area contributed by atoms with Crippen LogP contribution in [0.1, 0.15) is 30.3 Å². The van der Waals surface area contributed by atoms with Gasteiger partial charge in [0.05, 0.1) is 7.11 Å². The molecule has 4 rings (SSSR count). The summed E-state index contributed by atoms with van der Waals surface area (Å²) >= 11 is 0. The lowest BCUT2D eigenvalue weighted by molar-refractivity contribution is 0.103. The summed E-state index contributed by atoms with van der Waals surface area (Å²) in [4.78, 5) is 2.09. The van der Waals surface area contributed by atoms with E-state index in [1.807, 2.05) is 37.4 Å². The molecular weight excluding hydrogens is 318 g/mol. The predicted octanol–water partition coefficient (Wildman–Crippen LogP) is 2.62. The summed E-state index contributed by atoms with van der Waals surface area (Å²) < 4.78 is 12.8. The quantitative estimate of drug-likeness (QED) is 0.712. The van der Waals surface area contributed by atoms with Crippen LogP contribution in [-0.4, -0.2) is 40.6 Å². The van der Waals surface area contributed by atoms with Crippen LogP contribution >= 0.6 is 0 Å². The normalized spacial score (nSPS) is 17.1. The van der Waals surface area contributed by atoms with Gasteiger partial charge in [-0.3, -0.25) is 0 Å². The van der Waals surface area contributed by atoms with E-state index in [1.165, 1.54) is 0 Å². The Balaban J connectivity index is 1.60. The Morgan fingerprint density at radius 1 is 1.28 bits per heavy atom. The van der Waals surface area contributed by atoms with Gasteiger partial charge >= 0.3 is 0 Å². The van der Waals surface area contributed by atoms with Gasteiger partial charge in [-0.1, -0.05) is 12.1 Å². The second kappa shape index (κ2) is 6.68. The fourth-order valence-corrected chi connectivity index (χ4v) is 3.11. The number of benzene rings is 1. The third kappa shape index (κ3) is 3.15. The van der Waals surface area contributed by atoms with E-state index >= 15 is 0 Å². The van der Waals surface area contributed by atoms with Gasteiger partial charge in [-0.15, -0.1) is 15.3 Å². The van der Waals surface area contributed by atoms with E-state index in [4.69, 9.17) is 14.6 Å². The monoisotopic (exact) mass is 339 g/mol. The predicted molar refractivity (Wildman–Crippen MR) is 93.8 cm³/mol. The second-order valence-electron chi connectivity index (χ2n) is 6.23. The largest absolute Gasteiger partial charge is 0.497 e. The minimum Gasteiger partial charge on any atom is -0.497 e. The fraction of sp³-hybridized carbons (Fsp3) is 0.389. The Morgan fingerprint density at radius 2 is 2.20 bits per heavy atom. The molecule has 2 aromatic heterocycles. The minimum absolute atomic E-state index is 0.0126. The highest BCUT2D eigenvalue weighted by Gasteiger charge is 2.24. The van der Waals surface area contributed by atoms with Crippen molar-refractivity contribution in [2.45, 2.75) is 25.5 Å². The molecule has 0 aliphatic carbocycles. The van der Waals surface area contributed by atoms with Crippen molar-refractivity contribution >= 4 is 11.5 Å². The van der Waals surface area contributed by atoms with Gasteiger partial charge in [-0.2, -0.15) is 4.52 Å². The van der Waals surface area contributed by atoms with E-state index in [9.17, 15) is 0 Å². The van der Waals surface area contributed by atoms with Crippen LogP contribution in [0.25, 0.3) is 5.65 Å². The Morgan fingerprint density at radius 3 is 3.00 bits per heavy atom.